The highest BCUT2D eigenvalue weighted by molar-refractivity contribution is 5.13. The summed E-state index contributed by atoms with van der Waals surface area (Å²) in [7, 11) is 1.96. The first-order valence-corrected chi connectivity index (χ1v) is 4.45. The van der Waals surface area contributed by atoms with Crippen LogP contribution in [0.1, 0.15) is 18.2 Å². The molecule has 0 unspecified atom stereocenters. The highest BCUT2D eigenvalue weighted by Crippen LogP contribution is 2.00. The predicted octanol–water partition coefficient (Wildman–Crippen LogP) is 1.41. The molecule has 0 aliphatic carbocycles. The third-order valence-electron chi connectivity index (χ3n) is 1.93. The molecule has 0 fully saturated rings. The van der Waals surface area contributed by atoms with E-state index in [1.165, 1.54) is 11.3 Å². The molecule has 0 radical (unpaired) electrons. The summed E-state index contributed by atoms with van der Waals surface area (Å²) in [6, 6.07) is 4.26. The molecule has 0 atom stereocenters. The summed E-state index contributed by atoms with van der Waals surface area (Å²) in [4.78, 5) is 4.35. The van der Waals surface area contributed by atoms with E-state index >= 15 is 0 Å². The number of nitrogens with one attached hydrogen (secondary N) is 1. The lowest BCUT2D eigenvalue weighted by atomic mass is 10.2. The van der Waals surface area contributed by atoms with Crippen LogP contribution in [0.25, 0.3) is 0 Å². The lowest BCUT2D eigenvalue weighted by Gasteiger charge is -2.00. The van der Waals surface area contributed by atoms with Gasteiger partial charge in [0.25, 0.3) is 0 Å². The van der Waals surface area contributed by atoms with Gasteiger partial charge in [0.1, 0.15) is 0 Å². The van der Waals surface area contributed by atoms with Crippen molar-refractivity contribution < 1.29 is 0 Å². The maximum atomic E-state index is 4.35. The van der Waals surface area contributed by atoms with Crippen molar-refractivity contribution in [2.75, 3.05) is 13.6 Å². The van der Waals surface area contributed by atoms with Crippen LogP contribution in [0.2, 0.25) is 0 Å². The number of pyridine rings is 1. The molecule has 0 aromatic carbocycles. The van der Waals surface area contributed by atoms with Gasteiger partial charge in [-0.05, 0) is 25.1 Å². The van der Waals surface area contributed by atoms with Gasteiger partial charge < -0.3 is 5.32 Å². The normalized spacial score (nSPS) is 10.2. The van der Waals surface area contributed by atoms with Gasteiger partial charge in [-0.15, -0.1) is 0 Å². The molecule has 0 saturated carbocycles. The van der Waals surface area contributed by atoms with Crippen LogP contribution in [0.4, 0.5) is 0 Å². The average molecular weight is 164 g/mol. The minimum Gasteiger partial charge on any atom is -0.319 e. The van der Waals surface area contributed by atoms with Crippen LogP contribution in [-0.4, -0.2) is 18.6 Å². The predicted molar refractivity (Wildman–Crippen MR) is 51.2 cm³/mol. The van der Waals surface area contributed by atoms with E-state index in [1.807, 2.05) is 13.2 Å². The Morgan fingerprint density at radius 1 is 1.42 bits per heavy atom. The highest BCUT2D eigenvalue weighted by Gasteiger charge is 1.93. The summed E-state index contributed by atoms with van der Waals surface area (Å²) in [5.74, 6) is 0. The van der Waals surface area contributed by atoms with E-state index in [9.17, 15) is 0 Å². The van der Waals surface area contributed by atoms with Crippen molar-refractivity contribution in [3.8, 4) is 0 Å². The van der Waals surface area contributed by atoms with Gasteiger partial charge in [0, 0.05) is 24.9 Å². The third kappa shape index (κ3) is 2.62. The molecule has 2 heteroatoms. The Labute approximate surface area is 74.0 Å². The fourth-order valence-electron chi connectivity index (χ4n) is 1.07. The lowest BCUT2D eigenvalue weighted by molar-refractivity contribution is 0.775. The smallest absolute Gasteiger partial charge is 0.0416 e. The van der Waals surface area contributed by atoms with Crippen molar-refractivity contribution >= 4 is 0 Å². The summed E-state index contributed by atoms with van der Waals surface area (Å²) < 4.78 is 0. The molecule has 1 rings (SSSR count). The SMILES string of the molecule is CCc1ccc(CCNC)nc1. The lowest BCUT2D eigenvalue weighted by Crippen LogP contribution is -2.11. The molecule has 0 aliphatic rings. The molecule has 1 heterocycles. The number of likely N-dealkylation sites (N-methyl/N-ethyl adjacent to an activating group) is 1. The Balaban J connectivity index is 2.53. The largest absolute Gasteiger partial charge is 0.319 e. The molecule has 1 N–H and O–H groups in total. The fraction of sp³-hybridized carbons (Fsp3) is 0.500. The average Bonchev–Trinajstić information content (AvgIpc) is 2.15. The van der Waals surface area contributed by atoms with Crippen LogP contribution in [0.15, 0.2) is 18.3 Å². The molecule has 0 amide bonds. The minimum absolute atomic E-state index is 0.998. The Kier molecular flexibility index (Phi) is 3.74. The van der Waals surface area contributed by atoms with Gasteiger partial charge in [-0.1, -0.05) is 13.0 Å². The van der Waals surface area contributed by atoms with Crippen LogP contribution in [-0.2, 0) is 12.8 Å². The van der Waals surface area contributed by atoms with Crippen LogP contribution >= 0.6 is 0 Å². The molecule has 0 bridgehead atoms. The maximum absolute atomic E-state index is 4.35. The first-order valence-electron chi connectivity index (χ1n) is 4.45. The Hall–Kier alpha value is -0.890. The van der Waals surface area contributed by atoms with E-state index in [1.54, 1.807) is 0 Å². The summed E-state index contributed by atoms with van der Waals surface area (Å²) in [6.45, 7) is 3.14. The number of aryl methyl sites for hydroxylation is 1. The Morgan fingerprint density at radius 2 is 2.25 bits per heavy atom. The van der Waals surface area contributed by atoms with Gasteiger partial charge in [-0.25, -0.2) is 0 Å². The van der Waals surface area contributed by atoms with E-state index in [-0.39, 0.29) is 0 Å². The quantitative estimate of drug-likeness (QED) is 0.727. The molecule has 12 heavy (non-hydrogen) atoms. The molecule has 0 spiro atoms. The molecule has 2 nitrogen and oxygen atoms in total. The number of hydrogen-bond donors (Lipinski definition) is 1. The van der Waals surface area contributed by atoms with Crippen molar-refractivity contribution in [2.45, 2.75) is 19.8 Å². The van der Waals surface area contributed by atoms with Gasteiger partial charge in [-0.3, -0.25) is 4.98 Å². The zero-order chi connectivity index (χ0) is 8.81. The summed E-state index contributed by atoms with van der Waals surface area (Å²) in [5, 5.41) is 3.10. The van der Waals surface area contributed by atoms with Crippen LogP contribution in [0, 0.1) is 0 Å². The molecule has 1 aromatic rings. The zero-order valence-electron chi connectivity index (χ0n) is 7.80. The molecule has 0 saturated heterocycles. The second-order valence-corrected chi connectivity index (χ2v) is 2.86. The minimum atomic E-state index is 0.998. The maximum Gasteiger partial charge on any atom is 0.0416 e. The van der Waals surface area contributed by atoms with Gasteiger partial charge in [0.05, 0.1) is 0 Å². The van der Waals surface area contributed by atoms with E-state index in [4.69, 9.17) is 0 Å². The van der Waals surface area contributed by atoms with Gasteiger partial charge in [0.15, 0.2) is 0 Å². The van der Waals surface area contributed by atoms with Crippen molar-refractivity contribution in [1.29, 1.82) is 0 Å². The number of hydrogen-bond acceptors (Lipinski definition) is 2. The third-order valence-corrected chi connectivity index (χ3v) is 1.93. The van der Waals surface area contributed by atoms with E-state index in [2.05, 4.69) is 29.4 Å². The molecular formula is C10H16N2. The van der Waals surface area contributed by atoms with E-state index < -0.39 is 0 Å². The molecule has 66 valence electrons. The number of aromatic nitrogens is 1. The van der Waals surface area contributed by atoms with Crippen LogP contribution < -0.4 is 5.32 Å². The topological polar surface area (TPSA) is 24.9 Å². The van der Waals surface area contributed by atoms with Crippen LogP contribution in [0.5, 0.6) is 0 Å². The first kappa shape index (κ1) is 9.20. The zero-order valence-corrected chi connectivity index (χ0v) is 7.80. The van der Waals surface area contributed by atoms with E-state index in [0.717, 1.165) is 19.4 Å². The monoisotopic (exact) mass is 164 g/mol. The molecular weight excluding hydrogens is 148 g/mol. The Morgan fingerprint density at radius 3 is 2.75 bits per heavy atom. The van der Waals surface area contributed by atoms with Crippen LogP contribution in [0.3, 0.4) is 0 Å². The fourth-order valence-corrected chi connectivity index (χ4v) is 1.07. The number of rotatable bonds is 4. The van der Waals surface area contributed by atoms with Crippen molar-refractivity contribution in [3.05, 3.63) is 29.6 Å². The summed E-state index contributed by atoms with van der Waals surface area (Å²) in [5.41, 5.74) is 2.48. The summed E-state index contributed by atoms with van der Waals surface area (Å²) >= 11 is 0. The Bertz CT molecular complexity index is 216. The van der Waals surface area contributed by atoms with Gasteiger partial charge in [0.2, 0.25) is 0 Å². The van der Waals surface area contributed by atoms with E-state index in [0.29, 0.717) is 0 Å². The highest BCUT2D eigenvalue weighted by atomic mass is 14.8. The van der Waals surface area contributed by atoms with Gasteiger partial charge in [-0.2, -0.15) is 0 Å². The van der Waals surface area contributed by atoms with Crippen molar-refractivity contribution in [3.63, 3.8) is 0 Å². The molecule has 1 aromatic heterocycles. The molecule has 0 aliphatic heterocycles. The second-order valence-electron chi connectivity index (χ2n) is 2.86. The second kappa shape index (κ2) is 4.88. The summed E-state index contributed by atoms with van der Waals surface area (Å²) in [6.07, 6.45) is 4.05. The first-order chi connectivity index (χ1) is 5.86. The number of nitrogens with zero attached hydrogens (tertiary/aromatic N) is 1. The van der Waals surface area contributed by atoms with Crippen molar-refractivity contribution in [2.24, 2.45) is 0 Å². The van der Waals surface area contributed by atoms with Gasteiger partial charge >= 0.3 is 0 Å². The standard InChI is InChI=1S/C10H16N2/c1-3-9-4-5-10(12-8-9)6-7-11-2/h4-5,8,11H,3,6-7H2,1-2H3. The van der Waals surface area contributed by atoms with Crippen molar-refractivity contribution in [1.82, 2.24) is 10.3 Å².